The van der Waals surface area contributed by atoms with Crippen LogP contribution in [-0.2, 0) is 19.2 Å². The second-order valence-corrected chi connectivity index (χ2v) is 9.30. The Morgan fingerprint density at radius 3 is 1.84 bits per heavy atom. The average molecular weight is 468 g/mol. The molecule has 2 aromatic carbocycles. The zero-order chi connectivity index (χ0) is 22.2. The second-order valence-electron chi connectivity index (χ2n) is 7.34. The van der Waals surface area contributed by atoms with E-state index in [9.17, 15) is 4.39 Å². The molecule has 0 aliphatic heterocycles. The van der Waals surface area contributed by atoms with Crippen molar-refractivity contribution >= 4 is 7.74 Å². The van der Waals surface area contributed by atoms with Gasteiger partial charge in [-0.05, 0) is 0 Å². The molecule has 0 saturated carbocycles. The van der Waals surface area contributed by atoms with Gasteiger partial charge in [0.2, 0.25) is 0 Å². The fourth-order valence-corrected chi connectivity index (χ4v) is 5.64. The first-order valence-corrected chi connectivity index (χ1v) is 11.5. The normalized spacial score (nSPS) is 13.2. The zero-order valence-corrected chi connectivity index (χ0v) is 18.2. The molecule has 0 N–H and O–H groups in total. The van der Waals surface area contributed by atoms with Crippen LogP contribution in [0.2, 0.25) is 0 Å². The van der Waals surface area contributed by atoms with Crippen molar-refractivity contribution < 1.29 is 36.7 Å². The van der Waals surface area contributed by atoms with Gasteiger partial charge in [-0.3, -0.25) is 0 Å². The molecule has 1 aliphatic rings. The summed E-state index contributed by atoms with van der Waals surface area (Å²) in [4.78, 5) is 0. The summed E-state index contributed by atoms with van der Waals surface area (Å²) in [6.45, 7) is 0. The van der Waals surface area contributed by atoms with E-state index < -0.39 is 42.4 Å². The zero-order valence-electron chi connectivity index (χ0n) is 16.6. The monoisotopic (exact) mass is 468 g/mol. The maximum atomic E-state index is 15.6. The number of hydrogen-bond acceptors (Lipinski definition) is 0. The number of allylic oxidation sites excluding steroid dienone is 4. The molecule has 0 radical (unpaired) electrons. The molecule has 32 heavy (non-hydrogen) atoms. The number of halogens is 4. The second kappa shape index (κ2) is 8.45. The van der Waals surface area contributed by atoms with Crippen LogP contribution >= 0.6 is 0 Å². The average Bonchev–Trinajstić information content (AvgIpc) is 3.56. The molecule has 1 aliphatic carbocycles. The summed E-state index contributed by atoms with van der Waals surface area (Å²) in [7, 11) is 0. The minimum atomic E-state index is -2.03. The van der Waals surface area contributed by atoms with Gasteiger partial charge in [0.05, 0.1) is 0 Å². The van der Waals surface area contributed by atoms with Crippen molar-refractivity contribution in [2.45, 2.75) is 5.92 Å². The SMILES string of the molecule is Fc1ccc(-n2cccc2)c(F)[c]1[Ti][c]1c(F)c(C2C=CC=C2)cc(-n2cccc2)c1F. The van der Waals surface area contributed by atoms with Crippen LogP contribution in [0.25, 0.3) is 11.4 Å². The van der Waals surface area contributed by atoms with Gasteiger partial charge in [-0.2, -0.15) is 0 Å². The fourth-order valence-electron chi connectivity index (χ4n) is 3.79. The van der Waals surface area contributed by atoms with E-state index in [0.717, 1.165) is 6.07 Å². The van der Waals surface area contributed by atoms with Crippen LogP contribution in [0.15, 0.2) is 91.6 Å². The Morgan fingerprint density at radius 2 is 1.22 bits per heavy atom. The van der Waals surface area contributed by atoms with Crippen molar-refractivity contribution in [2.75, 3.05) is 0 Å². The molecule has 0 unspecified atom stereocenters. The summed E-state index contributed by atoms with van der Waals surface area (Å²) < 4.78 is 63.7. The molecule has 5 rings (SSSR count). The van der Waals surface area contributed by atoms with Crippen LogP contribution in [0.3, 0.4) is 0 Å². The molecular weight excluding hydrogens is 452 g/mol. The molecule has 4 aromatic rings. The molecule has 0 saturated heterocycles. The molecule has 2 nitrogen and oxygen atoms in total. The Kier molecular flexibility index (Phi) is 5.49. The van der Waals surface area contributed by atoms with E-state index in [1.807, 2.05) is 0 Å². The van der Waals surface area contributed by atoms with Crippen LogP contribution in [0.4, 0.5) is 17.6 Å². The number of nitrogens with zero attached hydrogens (tertiary/aromatic N) is 2. The number of aromatic nitrogens is 2. The quantitative estimate of drug-likeness (QED) is 0.286. The van der Waals surface area contributed by atoms with Gasteiger partial charge in [0.1, 0.15) is 0 Å². The van der Waals surface area contributed by atoms with Gasteiger partial charge in [-0.1, -0.05) is 0 Å². The van der Waals surface area contributed by atoms with Gasteiger partial charge in [0, 0.05) is 0 Å². The van der Waals surface area contributed by atoms with Crippen LogP contribution in [0.1, 0.15) is 11.5 Å². The maximum absolute atomic E-state index is 15.6. The van der Waals surface area contributed by atoms with Gasteiger partial charge in [0.15, 0.2) is 0 Å². The van der Waals surface area contributed by atoms with Gasteiger partial charge < -0.3 is 0 Å². The van der Waals surface area contributed by atoms with E-state index in [2.05, 4.69) is 0 Å². The first-order chi connectivity index (χ1) is 15.5. The van der Waals surface area contributed by atoms with Crippen molar-refractivity contribution in [1.82, 2.24) is 9.13 Å². The Bertz CT molecular complexity index is 1330. The molecule has 0 spiro atoms. The molecule has 0 amide bonds. The topological polar surface area (TPSA) is 9.86 Å². The summed E-state index contributed by atoms with van der Waals surface area (Å²) in [5.74, 6) is -3.50. The van der Waals surface area contributed by atoms with E-state index in [0.29, 0.717) is 0 Å². The van der Waals surface area contributed by atoms with Crippen molar-refractivity contribution in [3.8, 4) is 11.4 Å². The van der Waals surface area contributed by atoms with Gasteiger partial charge in [0.25, 0.3) is 0 Å². The van der Waals surface area contributed by atoms with Crippen molar-refractivity contribution in [1.29, 1.82) is 0 Å². The van der Waals surface area contributed by atoms with Crippen molar-refractivity contribution in [2.24, 2.45) is 0 Å². The third-order valence-electron chi connectivity index (χ3n) is 5.40. The molecule has 0 atom stereocenters. The predicted molar refractivity (Wildman–Crippen MR) is 112 cm³/mol. The van der Waals surface area contributed by atoms with E-state index in [1.165, 1.54) is 16.7 Å². The van der Waals surface area contributed by atoms with Gasteiger partial charge >= 0.3 is 191 Å². The molecule has 7 heteroatoms. The summed E-state index contributed by atoms with van der Waals surface area (Å²) in [6, 6.07) is 10.8. The summed E-state index contributed by atoms with van der Waals surface area (Å²) >= 11 is -2.03. The molecular formula is C25H16F4N2Ti. The molecule has 0 fully saturated rings. The van der Waals surface area contributed by atoms with E-state index in [4.69, 9.17) is 0 Å². The van der Waals surface area contributed by atoms with Crippen LogP contribution in [0, 0.1) is 23.3 Å². The third kappa shape index (κ3) is 3.59. The molecule has 2 heterocycles. The van der Waals surface area contributed by atoms with Crippen LogP contribution in [-0.4, -0.2) is 9.13 Å². The number of rotatable bonds is 5. The van der Waals surface area contributed by atoms with Gasteiger partial charge in [-0.15, -0.1) is 0 Å². The Morgan fingerprint density at radius 1 is 0.656 bits per heavy atom. The van der Waals surface area contributed by atoms with Crippen LogP contribution in [0.5, 0.6) is 0 Å². The minimum absolute atomic E-state index is 0.138. The van der Waals surface area contributed by atoms with E-state index in [1.54, 1.807) is 77.9 Å². The first kappa shape index (κ1) is 20.8. The standard InChI is InChI=1S/C15H10F2N.C10H6F2N.Ti/c16-13-10-14(17)15(18-7-3-4-8-18)9-12(13)11-5-1-2-6-11;11-8-3-4-10(9(12)7-8)13-5-1-2-6-13;/h1-9,11H;1-6H;. The van der Waals surface area contributed by atoms with Crippen molar-refractivity contribution in [3.05, 3.63) is 120 Å². The fraction of sp³-hybridized carbons (Fsp3) is 0.0400. The number of hydrogen-bond donors (Lipinski definition) is 0. The summed E-state index contributed by atoms with van der Waals surface area (Å²) in [6.07, 6.45) is 13.7. The predicted octanol–water partition coefficient (Wildman–Crippen LogP) is 5.07. The Balaban J connectivity index is 1.68. The summed E-state index contributed by atoms with van der Waals surface area (Å²) in [5, 5.41) is 0. The molecule has 2 aromatic heterocycles. The molecule has 158 valence electrons. The molecule has 0 bridgehead atoms. The first-order valence-electron chi connectivity index (χ1n) is 9.93. The number of benzene rings is 2. The van der Waals surface area contributed by atoms with E-state index >= 15 is 13.2 Å². The van der Waals surface area contributed by atoms with Crippen molar-refractivity contribution in [3.63, 3.8) is 0 Å². The Hall–Kier alpha value is -3.09. The van der Waals surface area contributed by atoms with E-state index in [-0.39, 0.29) is 30.6 Å². The Labute approximate surface area is 191 Å². The van der Waals surface area contributed by atoms with Gasteiger partial charge in [-0.25, -0.2) is 0 Å². The third-order valence-corrected chi connectivity index (χ3v) is 7.58. The summed E-state index contributed by atoms with van der Waals surface area (Å²) in [5.41, 5.74) is 0.571. The van der Waals surface area contributed by atoms with Crippen LogP contribution < -0.4 is 7.74 Å².